The largest absolute Gasteiger partial charge is 0.462 e. The number of ether oxygens (including phenoxy) is 1. The number of hydrogen-bond donors (Lipinski definition) is 1. The maximum atomic E-state index is 11.6. The number of benzene rings is 1. The van der Waals surface area contributed by atoms with Crippen molar-refractivity contribution in [1.82, 2.24) is 4.57 Å². The molecular weight excluding hydrogens is 280 g/mol. The van der Waals surface area contributed by atoms with Crippen molar-refractivity contribution >= 4 is 17.4 Å². The highest BCUT2D eigenvalue weighted by atomic mass is 16.5. The minimum atomic E-state index is -0.308. The van der Waals surface area contributed by atoms with Gasteiger partial charge in [-0.2, -0.15) is 0 Å². The van der Waals surface area contributed by atoms with Gasteiger partial charge < -0.3 is 14.6 Å². The van der Waals surface area contributed by atoms with E-state index in [1.165, 1.54) is 0 Å². The van der Waals surface area contributed by atoms with E-state index >= 15 is 0 Å². The minimum absolute atomic E-state index is 0.213. The number of Topliss-reactive ketones (excluding diaryl/α,β-unsaturated/α-hetero) is 1. The zero-order valence-electron chi connectivity index (χ0n) is 12.5. The average molecular weight is 298 g/mol. The molecule has 1 aliphatic rings. The van der Waals surface area contributed by atoms with Crippen molar-refractivity contribution in [3.05, 3.63) is 53.3 Å². The quantitative estimate of drug-likeness (QED) is 0.862. The maximum Gasteiger partial charge on any atom is 0.338 e. The van der Waals surface area contributed by atoms with Gasteiger partial charge in [-0.25, -0.2) is 4.79 Å². The van der Waals surface area contributed by atoms with Crippen molar-refractivity contribution in [1.29, 1.82) is 0 Å². The van der Waals surface area contributed by atoms with Crippen molar-refractivity contribution in [2.24, 2.45) is 0 Å². The van der Waals surface area contributed by atoms with Crippen LogP contribution in [0.5, 0.6) is 0 Å². The number of rotatable bonds is 5. The number of esters is 1. The molecule has 0 saturated heterocycles. The highest BCUT2D eigenvalue weighted by molar-refractivity contribution is 5.96. The molecule has 0 fully saturated rings. The van der Waals surface area contributed by atoms with Gasteiger partial charge in [-0.1, -0.05) is 0 Å². The summed E-state index contributed by atoms with van der Waals surface area (Å²) in [4.78, 5) is 23.2. The molecule has 5 nitrogen and oxygen atoms in total. The topological polar surface area (TPSA) is 60.3 Å². The van der Waals surface area contributed by atoms with Gasteiger partial charge in [0.2, 0.25) is 0 Å². The summed E-state index contributed by atoms with van der Waals surface area (Å²) in [7, 11) is 0. The van der Waals surface area contributed by atoms with E-state index in [1.807, 2.05) is 24.3 Å². The normalized spacial score (nSPS) is 13.0. The molecule has 5 heteroatoms. The zero-order valence-corrected chi connectivity index (χ0v) is 12.5. The van der Waals surface area contributed by atoms with Crippen LogP contribution in [0, 0.1) is 0 Å². The van der Waals surface area contributed by atoms with Crippen LogP contribution in [0.15, 0.2) is 36.4 Å². The lowest BCUT2D eigenvalue weighted by atomic mass is 10.2. The number of carbonyl (C=O) groups excluding carboxylic acids is 2. The summed E-state index contributed by atoms with van der Waals surface area (Å²) in [6, 6.07) is 11.1. The lowest BCUT2D eigenvalue weighted by molar-refractivity contribution is 0.0526. The highest BCUT2D eigenvalue weighted by Gasteiger charge is 2.21. The number of fused-ring (bicyclic) bond motifs is 1. The molecule has 1 aliphatic heterocycles. The van der Waals surface area contributed by atoms with Crippen molar-refractivity contribution in [3.63, 3.8) is 0 Å². The van der Waals surface area contributed by atoms with Crippen LogP contribution in [0.4, 0.5) is 5.69 Å². The van der Waals surface area contributed by atoms with Crippen LogP contribution in [0.1, 0.15) is 39.9 Å². The van der Waals surface area contributed by atoms with Crippen LogP contribution < -0.4 is 5.32 Å². The first-order valence-corrected chi connectivity index (χ1v) is 7.41. The van der Waals surface area contributed by atoms with Crippen LogP contribution in [0.3, 0.4) is 0 Å². The van der Waals surface area contributed by atoms with Crippen LogP contribution in [-0.4, -0.2) is 22.9 Å². The Bertz CT molecular complexity index is 701. The van der Waals surface area contributed by atoms with Gasteiger partial charge in [0.25, 0.3) is 0 Å². The van der Waals surface area contributed by atoms with Gasteiger partial charge in [-0.05, 0) is 43.3 Å². The van der Waals surface area contributed by atoms with Gasteiger partial charge in [0, 0.05) is 24.3 Å². The fourth-order valence-electron chi connectivity index (χ4n) is 2.64. The molecule has 3 rings (SSSR count). The molecule has 0 saturated carbocycles. The summed E-state index contributed by atoms with van der Waals surface area (Å²) in [5.41, 5.74) is 3.36. The van der Waals surface area contributed by atoms with Crippen molar-refractivity contribution in [3.8, 4) is 0 Å². The molecule has 0 aliphatic carbocycles. The van der Waals surface area contributed by atoms with Crippen LogP contribution in [0.25, 0.3) is 0 Å². The number of aromatic nitrogens is 1. The third-order valence-corrected chi connectivity index (χ3v) is 3.79. The number of carbonyl (C=O) groups is 2. The SMILES string of the molecule is CCOC(=O)c1ccc(NCc2ccc3n2CCC3=O)cc1. The van der Waals surface area contributed by atoms with Gasteiger partial charge in [-0.3, -0.25) is 4.79 Å². The van der Waals surface area contributed by atoms with E-state index in [-0.39, 0.29) is 11.8 Å². The molecule has 0 bridgehead atoms. The smallest absolute Gasteiger partial charge is 0.338 e. The van der Waals surface area contributed by atoms with E-state index in [0.29, 0.717) is 25.1 Å². The lowest BCUT2D eigenvalue weighted by Gasteiger charge is -2.09. The molecule has 0 unspecified atom stereocenters. The molecule has 0 atom stereocenters. The summed E-state index contributed by atoms with van der Waals surface area (Å²) < 4.78 is 7.01. The van der Waals surface area contributed by atoms with Crippen LogP contribution >= 0.6 is 0 Å². The molecule has 1 N–H and O–H groups in total. The van der Waals surface area contributed by atoms with E-state index in [0.717, 1.165) is 23.6 Å². The van der Waals surface area contributed by atoms with Crippen LogP contribution in [-0.2, 0) is 17.8 Å². The molecule has 0 radical (unpaired) electrons. The fourth-order valence-corrected chi connectivity index (χ4v) is 2.64. The van der Waals surface area contributed by atoms with Gasteiger partial charge in [0.05, 0.1) is 24.4 Å². The van der Waals surface area contributed by atoms with Gasteiger partial charge in [-0.15, -0.1) is 0 Å². The minimum Gasteiger partial charge on any atom is -0.462 e. The van der Waals surface area contributed by atoms with Gasteiger partial charge in [0.15, 0.2) is 5.78 Å². The first kappa shape index (κ1) is 14.4. The molecule has 0 spiro atoms. The third-order valence-electron chi connectivity index (χ3n) is 3.79. The Morgan fingerprint density at radius 3 is 2.73 bits per heavy atom. The second-order valence-electron chi connectivity index (χ2n) is 5.19. The Labute approximate surface area is 128 Å². The summed E-state index contributed by atoms with van der Waals surface area (Å²) >= 11 is 0. The van der Waals surface area contributed by atoms with E-state index in [1.54, 1.807) is 19.1 Å². The molecule has 1 aromatic carbocycles. The second-order valence-corrected chi connectivity index (χ2v) is 5.19. The van der Waals surface area contributed by atoms with Crippen LogP contribution in [0.2, 0.25) is 0 Å². The van der Waals surface area contributed by atoms with E-state index in [2.05, 4.69) is 9.88 Å². The predicted molar refractivity (Wildman–Crippen MR) is 83.1 cm³/mol. The van der Waals surface area contributed by atoms with E-state index < -0.39 is 0 Å². The monoisotopic (exact) mass is 298 g/mol. The van der Waals surface area contributed by atoms with E-state index in [9.17, 15) is 9.59 Å². The average Bonchev–Trinajstić information content (AvgIpc) is 3.09. The number of nitrogens with zero attached hydrogens (tertiary/aromatic N) is 1. The first-order chi connectivity index (χ1) is 10.7. The Hall–Kier alpha value is -2.56. The Morgan fingerprint density at radius 2 is 2.00 bits per heavy atom. The molecular formula is C17H18N2O3. The maximum absolute atomic E-state index is 11.6. The molecule has 22 heavy (non-hydrogen) atoms. The summed E-state index contributed by atoms with van der Waals surface area (Å²) in [5, 5.41) is 3.31. The Kier molecular flexibility index (Phi) is 3.96. The zero-order chi connectivity index (χ0) is 15.5. The van der Waals surface area contributed by atoms with Gasteiger partial charge in [0.1, 0.15) is 0 Å². The van der Waals surface area contributed by atoms with E-state index in [4.69, 9.17) is 4.74 Å². The number of ketones is 1. The molecule has 1 aromatic heterocycles. The molecule has 0 amide bonds. The first-order valence-electron chi connectivity index (χ1n) is 7.41. The predicted octanol–water partition coefficient (Wildman–Crippen LogP) is 2.86. The summed E-state index contributed by atoms with van der Waals surface area (Å²) in [5.74, 6) is -0.0954. The standard InChI is InChI=1S/C17H18N2O3/c1-2-22-17(21)12-3-5-13(6-4-12)18-11-14-7-8-15-16(20)9-10-19(14)15/h3-8,18H,2,9-11H2,1H3. The lowest BCUT2D eigenvalue weighted by Crippen LogP contribution is -2.07. The molecule has 114 valence electrons. The number of hydrogen-bond acceptors (Lipinski definition) is 4. The third kappa shape index (κ3) is 2.74. The second kappa shape index (κ2) is 6.05. The van der Waals surface area contributed by atoms with Crippen molar-refractivity contribution in [2.75, 3.05) is 11.9 Å². The fraction of sp³-hybridized carbons (Fsp3) is 0.294. The van der Waals surface area contributed by atoms with Gasteiger partial charge >= 0.3 is 5.97 Å². The molecule has 2 heterocycles. The van der Waals surface area contributed by atoms with Crippen molar-refractivity contribution in [2.45, 2.75) is 26.4 Å². The Balaban J connectivity index is 1.64. The summed E-state index contributed by atoms with van der Waals surface area (Å²) in [6.45, 7) is 3.57. The molecule has 2 aromatic rings. The Morgan fingerprint density at radius 1 is 1.23 bits per heavy atom. The summed E-state index contributed by atoms with van der Waals surface area (Å²) in [6.07, 6.45) is 0.595. The highest BCUT2D eigenvalue weighted by Crippen LogP contribution is 2.20. The van der Waals surface area contributed by atoms with Crippen molar-refractivity contribution < 1.29 is 14.3 Å². The number of nitrogens with one attached hydrogen (secondary N) is 1. The number of anilines is 1.